The van der Waals surface area contributed by atoms with Crippen LogP contribution in [0.2, 0.25) is 5.15 Å². The van der Waals surface area contributed by atoms with Gasteiger partial charge in [-0.25, -0.2) is 18.7 Å². The van der Waals surface area contributed by atoms with E-state index in [-0.39, 0.29) is 27.9 Å². The SMILES string of the molecule is Cc1cc(-c2nc(Cl)c3cc(O)ccc3n2)c(F)cc1F. The molecule has 3 aromatic rings. The molecule has 0 aliphatic rings. The number of rotatable bonds is 1. The van der Waals surface area contributed by atoms with Gasteiger partial charge in [-0.2, -0.15) is 0 Å². The average molecular weight is 307 g/mol. The Morgan fingerprint density at radius 2 is 1.81 bits per heavy atom. The maximum Gasteiger partial charge on any atom is 0.164 e. The van der Waals surface area contributed by atoms with Gasteiger partial charge in [0.15, 0.2) is 5.82 Å². The minimum atomic E-state index is -0.757. The van der Waals surface area contributed by atoms with Gasteiger partial charge in [0, 0.05) is 11.5 Å². The molecule has 6 heteroatoms. The van der Waals surface area contributed by atoms with Gasteiger partial charge >= 0.3 is 0 Å². The van der Waals surface area contributed by atoms with Crippen molar-refractivity contribution in [1.29, 1.82) is 0 Å². The summed E-state index contributed by atoms with van der Waals surface area (Å²) in [5.74, 6) is -1.29. The number of aromatic hydroxyl groups is 1. The first-order valence-electron chi connectivity index (χ1n) is 6.08. The van der Waals surface area contributed by atoms with E-state index < -0.39 is 11.6 Å². The molecule has 1 aromatic heterocycles. The van der Waals surface area contributed by atoms with Crippen LogP contribution in [0.25, 0.3) is 22.3 Å². The molecule has 0 saturated carbocycles. The molecule has 0 bridgehead atoms. The summed E-state index contributed by atoms with van der Waals surface area (Å²) in [4.78, 5) is 8.23. The van der Waals surface area contributed by atoms with Crippen LogP contribution >= 0.6 is 11.6 Å². The number of fused-ring (bicyclic) bond motifs is 1. The molecular weight excluding hydrogens is 298 g/mol. The van der Waals surface area contributed by atoms with Crippen molar-refractivity contribution in [1.82, 2.24) is 9.97 Å². The van der Waals surface area contributed by atoms with Crippen LogP contribution in [-0.2, 0) is 0 Å². The Kier molecular flexibility index (Phi) is 3.22. The lowest BCUT2D eigenvalue weighted by molar-refractivity contribution is 0.476. The zero-order valence-electron chi connectivity index (χ0n) is 10.9. The molecule has 0 radical (unpaired) electrons. The minimum absolute atomic E-state index is 0.0320. The van der Waals surface area contributed by atoms with Crippen LogP contribution in [0, 0.1) is 18.6 Å². The van der Waals surface area contributed by atoms with Crippen molar-refractivity contribution in [3.05, 3.63) is 52.7 Å². The first-order valence-corrected chi connectivity index (χ1v) is 6.46. The molecule has 0 atom stereocenters. The molecule has 0 unspecified atom stereocenters. The van der Waals surface area contributed by atoms with Gasteiger partial charge in [-0.05, 0) is 36.8 Å². The van der Waals surface area contributed by atoms with Crippen molar-refractivity contribution in [2.24, 2.45) is 0 Å². The standard InChI is InChI=1S/C15H9ClF2N2O/c1-7-4-9(12(18)6-11(7)17)15-19-13-3-2-8(21)5-10(13)14(16)20-15/h2-6,21H,1H3. The number of aromatic nitrogens is 2. The summed E-state index contributed by atoms with van der Waals surface area (Å²) in [5.41, 5.74) is 0.826. The summed E-state index contributed by atoms with van der Waals surface area (Å²) in [5, 5.41) is 9.98. The monoisotopic (exact) mass is 306 g/mol. The highest BCUT2D eigenvalue weighted by molar-refractivity contribution is 6.34. The third kappa shape index (κ3) is 2.40. The summed E-state index contributed by atoms with van der Waals surface area (Å²) in [6.07, 6.45) is 0. The Morgan fingerprint density at radius 3 is 2.57 bits per heavy atom. The average Bonchev–Trinajstić information content (AvgIpc) is 2.43. The van der Waals surface area contributed by atoms with Crippen LogP contribution in [0.3, 0.4) is 0 Å². The van der Waals surface area contributed by atoms with Crippen molar-refractivity contribution in [2.45, 2.75) is 6.92 Å². The van der Waals surface area contributed by atoms with Crippen LogP contribution in [0.5, 0.6) is 5.75 Å². The zero-order chi connectivity index (χ0) is 15.1. The van der Waals surface area contributed by atoms with Crippen LogP contribution in [0.15, 0.2) is 30.3 Å². The lowest BCUT2D eigenvalue weighted by Crippen LogP contribution is -1.96. The molecule has 0 amide bonds. The van der Waals surface area contributed by atoms with Crippen LogP contribution in [-0.4, -0.2) is 15.1 Å². The Bertz CT molecular complexity index is 868. The highest BCUT2D eigenvalue weighted by Gasteiger charge is 2.14. The highest BCUT2D eigenvalue weighted by Crippen LogP contribution is 2.29. The van der Waals surface area contributed by atoms with Gasteiger partial charge in [-0.15, -0.1) is 0 Å². The van der Waals surface area contributed by atoms with Crippen LogP contribution in [0.1, 0.15) is 5.56 Å². The number of aryl methyl sites for hydroxylation is 1. The second kappa shape index (κ2) is 4.93. The largest absolute Gasteiger partial charge is 0.508 e. The number of phenolic OH excluding ortho intramolecular Hbond substituents is 1. The number of halogens is 3. The van der Waals surface area contributed by atoms with Crippen molar-refractivity contribution in [3.8, 4) is 17.1 Å². The molecule has 106 valence electrons. The molecule has 3 rings (SSSR count). The fraction of sp³-hybridized carbons (Fsp3) is 0.0667. The Balaban J connectivity index is 2.26. The number of hydrogen-bond donors (Lipinski definition) is 1. The van der Waals surface area contributed by atoms with Crippen molar-refractivity contribution < 1.29 is 13.9 Å². The summed E-state index contributed by atoms with van der Waals surface area (Å²) >= 11 is 6.05. The summed E-state index contributed by atoms with van der Waals surface area (Å²) in [7, 11) is 0. The number of hydrogen-bond acceptors (Lipinski definition) is 3. The molecule has 0 fully saturated rings. The van der Waals surface area contributed by atoms with Crippen molar-refractivity contribution in [3.63, 3.8) is 0 Å². The molecule has 2 aromatic carbocycles. The number of nitrogens with zero attached hydrogens (tertiary/aromatic N) is 2. The molecule has 3 nitrogen and oxygen atoms in total. The maximum absolute atomic E-state index is 13.9. The lowest BCUT2D eigenvalue weighted by atomic mass is 10.1. The predicted molar refractivity (Wildman–Crippen MR) is 76.3 cm³/mol. The Labute approximate surface area is 123 Å². The van der Waals surface area contributed by atoms with E-state index in [1.807, 2.05) is 0 Å². The van der Waals surface area contributed by atoms with E-state index in [2.05, 4.69) is 9.97 Å². The third-order valence-electron chi connectivity index (χ3n) is 3.12. The number of benzene rings is 2. The van der Waals surface area contributed by atoms with Gasteiger partial charge in [0.25, 0.3) is 0 Å². The second-order valence-electron chi connectivity index (χ2n) is 4.62. The van der Waals surface area contributed by atoms with Crippen LogP contribution in [0.4, 0.5) is 8.78 Å². The molecular formula is C15H9ClF2N2O. The van der Waals surface area contributed by atoms with E-state index in [1.54, 1.807) is 6.07 Å². The quantitative estimate of drug-likeness (QED) is 0.684. The first-order chi connectivity index (χ1) is 9.95. The summed E-state index contributed by atoms with van der Waals surface area (Å²) < 4.78 is 27.2. The highest BCUT2D eigenvalue weighted by atomic mass is 35.5. The van der Waals surface area contributed by atoms with Gasteiger partial charge in [0.2, 0.25) is 0 Å². The Hall–Kier alpha value is -2.27. The lowest BCUT2D eigenvalue weighted by Gasteiger charge is -2.07. The first kappa shape index (κ1) is 13.7. The normalized spacial score (nSPS) is 11.0. The molecule has 21 heavy (non-hydrogen) atoms. The van der Waals surface area contributed by atoms with Crippen LogP contribution < -0.4 is 0 Å². The Morgan fingerprint density at radius 1 is 1.05 bits per heavy atom. The molecule has 0 aliphatic heterocycles. The van der Waals surface area contributed by atoms with E-state index in [0.717, 1.165) is 6.07 Å². The second-order valence-corrected chi connectivity index (χ2v) is 4.98. The minimum Gasteiger partial charge on any atom is -0.508 e. The predicted octanol–water partition coefficient (Wildman–Crippen LogP) is 4.24. The van der Waals surface area contributed by atoms with E-state index in [9.17, 15) is 13.9 Å². The van der Waals surface area contributed by atoms with Gasteiger partial charge in [0.1, 0.15) is 22.5 Å². The molecule has 0 spiro atoms. The van der Waals surface area contributed by atoms with E-state index in [0.29, 0.717) is 10.9 Å². The maximum atomic E-state index is 13.9. The smallest absolute Gasteiger partial charge is 0.164 e. The van der Waals surface area contributed by atoms with Gasteiger partial charge in [-0.3, -0.25) is 0 Å². The van der Waals surface area contributed by atoms with Crippen molar-refractivity contribution >= 4 is 22.5 Å². The molecule has 1 N–H and O–H groups in total. The fourth-order valence-electron chi connectivity index (χ4n) is 2.03. The summed E-state index contributed by atoms with van der Waals surface area (Å²) in [6, 6.07) is 6.55. The number of phenols is 1. The summed E-state index contributed by atoms with van der Waals surface area (Å²) in [6.45, 7) is 1.53. The van der Waals surface area contributed by atoms with Gasteiger partial charge in [-0.1, -0.05) is 11.6 Å². The topological polar surface area (TPSA) is 46.0 Å². The van der Waals surface area contributed by atoms with Crippen molar-refractivity contribution in [2.75, 3.05) is 0 Å². The van der Waals surface area contributed by atoms with Gasteiger partial charge in [0.05, 0.1) is 11.1 Å². The molecule has 0 aliphatic carbocycles. The zero-order valence-corrected chi connectivity index (χ0v) is 11.6. The molecule has 0 saturated heterocycles. The fourth-order valence-corrected chi connectivity index (χ4v) is 2.26. The van der Waals surface area contributed by atoms with E-state index in [4.69, 9.17) is 11.6 Å². The van der Waals surface area contributed by atoms with E-state index >= 15 is 0 Å². The van der Waals surface area contributed by atoms with E-state index in [1.165, 1.54) is 25.1 Å². The molecule has 1 heterocycles. The third-order valence-corrected chi connectivity index (χ3v) is 3.41. The van der Waals surface area contributed by atoms with Gasteiger partial charge < -0.3 is 5.11 Å².